The van der Waals surface area contributed by atoms with Gasteiger partial charge in [-0.05, 0) is 170 Å². The summed E-state index contributed by atoms with van der Waals surface area (Å²) in [6, 6.07) is 74.0. The van der Waals surface area contributed by atoms with Crippen LogP contribution in [0.3, 0.4) is 0 Å². The molecule has 0 atom stereocenters. The molecule has 0 bridgehead atoms. The van der Waals surface area contributed by atoms with E-state index in [0.717, 1.165) is 54.0 Å². The molecule has 72 heavy (non-hydrogen) atoms. The molecule has 0 radical (unpaired) electrons. The Morgan fingerprint density at radius 3 is 1.82 bits per heavy atom. The molecule has 13 rings (SSSR count). The Balaban J connectivity index is 1.07. The van der Waals surface area contributed by atoms with Gasteiger partial charge in [0.15, 0.2) is 7.28 Å². The molecule has 348 valence electrons. The van der Waals surface area contributed by atoms with E-state index < -0.39 is 0 Å². The average Bonchev–Trinajstić information content (AvgIpc) is 3.75. The molecule has 2 heterocycles. The topological polar surface area (TPSA) is 28.4 Å². The molecule has 3 nitrogen and oxygen atoms in total. The highest BCUT2D eigenvalue weighted by atomic mass is 16.3. The summed E-state index contributed by atoms with van der Waals surface area (Å²) >= 11 is 0. The maximum Gasteiger partial charge on any atom is 0.198 e. The first kappa shape index (κ1) is 43.9. The highest BCUT2D eigenvalue weighted by Gasteiger charge is 2.38. The van der Waals surface area contributed by atoms with Crippen LogP contribution in [0.25, 0.3) is 77.2 Å². The number of furan rings is 1. The minimum atomic E-state index is 0.0747. The normalized spacial score (nSPS) is 14.4. The van der Waals surface area contributed by atoms with Crippen molar-refractivity contribution in [2.75, 3.05) is 10.2 Å². The lowest BCUT2D eigenvalue weighted by molar-refractivity contribution is 0.332. The van der Waals surface area contributed by atoms with Crippen molar-refractivity contribution in [2.24, 2.45) is 0 Å². The number of hydrogen-bond acceptors (Lipinski definition) is 3. The highest BCUT2D eigenvalue weighted by Crippen LogP contribution is 2.50. The van der Waals surface area contributed by atoms with Gasteiger partial charge in [-0.3, -0.25) is 0 Å². The maximum atomic E-state index is 7.05. The van der Waals surface area contributed by atoms with Crippen LogP contribution in [-0.4, -0.2) is 7.28 Å². The van der Waals surface area contributed by atoms with Gasteiger partial charge in [0.25, 0.3) is 0 Å². The van der Waals surface area contributed by atoms with Crippen molar-refractivity contribution in [3.05, 3.63) is 222 Å². The maximum absolute atomic E-state index is 7.05. The molecule has 0 amide bonds. The number of anilines is 5. The second kappa shape index (κ2) is 16.8. The third-order valence-electron chi connectivity index (χ3n) is 16.2. The van der Waals surface area contributed by atoms with Crippen LogP contribution in [0, 0.1) is 13.8 Å². The van der Waals surface area contributed by atoms with Crippen LogP contribution in [0.1, 0.15) is 62.8 Å². The predicted molar refractivity (Wildman–Crippen MR) is 309 cm³/mol. The molecule has 1 aromatic heterocycles. The number of aryl methyl sites for hydroxylation is 2. The van der Waals surface area contributed by atoms with E-state index in [1.54, 1.807) is 0 Å². The zero-order chi connectivity index (χ0) is 48.9. The van der Waals surface area contributed by atoms with Gasteiger partial charge < -0.3 is 14.6 Å². The van der Waals surface area contributed by atoms with E-state index in [4.69, 9.17) is 4.42 Å². The van der Waals surface area contributed by atoms with E-state index in [1.807, 2.05) is 0 Å². The number of rotatable bonds is 7. The third-order valence-corrected chi connectivity index (χ3v) is 16.2. The zero-order valence-electron chi connectivity index (χ0n) is 42.0. The third kappa shape index (κ3) is 7.34. The molecule has 2 aliphatic rings. The van der Waals surface area contributed by atoms with E-state index in [9.17, 15) is 0 Å². The summed E-state index contributed by atoms with van der Waals surface area (Å²) in [5, 5.41) is 8.75. The molecule has 10 aromatic carbocycles. The number of benzene rings is 10. The molecule has 11 aromatic rings. The average molecular weight is 929 g/mol. The number of nitrogens with one attached hydrogen (secondary N) is 1. The predicted octanol–water partition coefficient (Wildman–Crippen LogP) is 17.3. The first-order chi connectivity index (χ1) is 35.0. The molecule has 1 aliphatic heterocycles. The number of nitrogens with zero attached hydrogens (tertiary/aromatic N) is 1. The van der Waals surface area contributed by atoms with Gasteiger partial charge in [0.2, 0.25) is 0 Å². The van der Waals surface area contributed by atoms with Crippen LogP contribution in [0.5, 0.6) is 0 Å². The van der Waals surface area contributed by atoms with Gasteiger partial charge in [0.05, 0.1) is 0 Å². The van der Waals surface area contributed by atoms with Crippen LogP contribution < -0.4 is 21.1 Å². The second-order valence-corrected chi connectivity index (χ2v) is 21.7. The Labute approximate surface area is 424 Å². The van der Waals surface area contributed by atoms with Crippen LogP contribution >= 0.6 is 0 Å². The fraction of sp³-hybridized carbons (Fsp3) is 0.147. The van der Waals surface area contributed by atoms with Gasteiger partial charge in [-0.25, -0.2) is 0 Å². The summed E-state index contributed by atoms with van der Waals surface area (Å²) < 4.78 is 7.05. The largest absolute Gasteiger partial charge is 0.456 e. The van der Waals surface area contributed by atoms with E-state index in [0.29, 0.717) is 0 Å². The Morgan fingerprint density at radius 2 is 1.08 bits per heavy atom. The van der Waals surface area contributed by atoms with Crippen LogP contribution in [0.4, 0.5) is 28.4 Å². The summed E-state index contributed by atoms with van der Waals surface area (Å²) in [5.41, 5.74) is 25.1. The van der Waals surface area contributed by atoms with Crippen molar-refractivity contribution in [3.8, 4) is 44.5 Å². The van der Waals surface area contributed by atoms with Crippen molar-refractivity contribution >= 4 is 79.4 Å². The standard InChI is InChI=1S/C68H57BN2O/c1-42-17-13-15-23-51(42)49-36-55(65-52-24-16-14-22-47(52)27-31-59(65)70-50-29-25-46(26-30-50)44-18-9-7-10-19-44)66-62(37-49)71(60-32-28-48(35-43(60)2)45-20-11-8-12-21-45)61-41-64-54(39-58(61)69-66)53-38-56-57(40-63(53)72-64)68(5,6)34-33-67(56,3)4/h7-32,35-41,69-70H,33-34H2,1-6H3. The van der Waals surface area contributed by atoms with Gasteiger partial charge in [-0.1, -0.05) is 173 Å². The molecule has 0 unspecified atom stereocenters. The van der Waals surface area contributed by atoms with Gasteiger partial charge in [-0.2, -0.15) is 0 Å². The molecule has 1 aliphatic carbocycles. The lowest BCUT2D eigenvalue weighted by atomic mass is 9.57. The first-order valence-electron chi connectivity index (χ1n) is 25.7. The first-order valence-corrected chi connectivity index (χ1v) is 25.7. The van der Waals surface area contributed by atoms with Crippen molar-refractivity contribution in [1.29, 1.82) is 0 Å². The van der Waals surface area contributed by atoms with E-state index >= 15 is 0 Å². The molecule has 0 fully saturated rings. The lowest BCUT2D eigenvalue weighted by Crippen LogP contribution is -2.41. The van der Waals surface area contributed by atoms with Crippen LogP contribution in [0.15, 0.2) is 205 Å². The Morgan fingerprint density at radius 1 is 0.458 bits per heavy atom. The monoisotopic (exact) mass is 928 g/mol. The quantitative estimate of drug-likeness (QED) is 0.161. The van der Waals surface area contributed by atoms with Crippen molar-refractivity contribution in [3.63, 3.8) is 0 Å². The highest BCUT2D eigenvalue weighted by molar-refractivity contribution is 6.73. The minimum absolute atomic E-state index is 0.0747. The van der Waals surface area contributed by atoms with E-state index in [2.05, 4.69) is 252 Å². The summed E-state index contributed by atoms with van der Waals surface area (Å²) in [6.07, 6.45) is 2.32. The summed E-state index contributed by atoms with van der Waals surface area (Å²) in [6.45, 7) is 14.1. The minimum Gasteiger partial charge on any atom is -0.456 e. The number of fused-ring (bicyclic) bond motifs is 7. The van der Waals surface area contributed by atoms with Gasteiger partial charge in [0, 0.05) is 50.8 Å². The number of hydrogen-bond donors (Lipinski definition) is 1. The molecule has 4 heteroatoms. The SMILES string of the molecule is Cc1ccccc1-c1cc(-c2c(Nc3ccc(-c4ccccc4)cc3)ccc3ccccc23)c2c(c1)N(c1ccc(-c3ccccc3)cc1C)c1cc3oc4cc5c(cc4c3cc1B2)C(C)(C)CCC5(C)C. The van der Waals surface area contributed by atoms with E-state index in [-0.39, 0.29) is 10.8 Å². The molecular weight excluding hydrogens is 872 g/mol. The second-order valence-electron chi connectivity index (χ2n) is 21.7. The van der Waals surface area contributed by atoms with Crippen LogP contribution in [-0.2, 0) is 10.8 Å². The van der Waals surface area contributed by atoms with Crippen molar-refractivity contribution < 1.29 is 4.42 Å². The molecule has 0 saturated heterocycles. The van der Waals surface area contributed by atoms with E-state index in [1.165, 1.54) is 105 Å². The summed E-state index contributed by atoms with van der Waals surface area (Å²) in [7, 11) is 0.742. The molecule has 1 N–H and O–H groups in total. The van der Waals surface area contributed by atoms with Crippen molar-refractivity contribution in [1.82, 2.24) is 0 Å². The van der Waals surface area contributed by atoms with Crippen molar-refractivity contribution in [2.45, 2.75) is 65.2 Å². The lowest BCUT2D eigenvalue weighted by Gasteiger charge is -2.41. The summed E-state index contributed by atoms with van der Waals surface area (Å²) in [5.74, 6) is 0. The van der Waals surface area contributed by atoms with Gasteiger partial charge in [0.1, 0.15) is 11.2 Å². The molecule has 0 spiro atoms. The zero-order valence-corrected chi connectivity index (χ0v) is 42.0. The Hall–Kier alpha value is -8.08. The fourth-order valence-corrected chi connectivity index (χ4v) is 12.1. The van der Waals surface area contributed by atoms with Crippen LogP contribution in [0.2, 0.25) is 0 Å². The van der Waals surface area contributed by atoms with Gasteiger partial charge >= 0.3 is 0 Å². The fourth-order valence-electron chi connectivity index (χ4n) is 12.1. The van der Waals surface area contributed by atoms with Gasteiger partial charge in [-0.15, -0.1) is 0 Å². The Bertz CT molecular complexity index is 3940. The smallest absolute Gasteiger partial charge is 0.198 e. The summed E-state index contributed by atoms with van der Waals surface area (Å²) in [4.78, 5) is 2.55. The molecule has 0 saturated carbocycles. The molecular formula is C68H57BN2O. The Kier molecular flexibility index (Phi) is 10.2.